The summed E-state index contributed by atoms with van der Waals surface area (Å²) < 4.78 is 19.8. The average Bonchev–Trinajstić information content (AvgIpc) is 1.58. The third kappa shape index (κ3) is 49.6. The molecule has 1 fully saturated rings. The van der Waals surface area contributed by atoms with Crippen LogP contribution in [0.4, 0.5) is 4.20 Å². The Morgan fingerprint density at radius 2 is 0.773 bits per heavy atom. The van der Waals surface area contributed by atoms with Crippen molar-refractivity contribution in [1.29, 1.82) is 1.28 Å². The molecule has 9 atom stereocenters. The third-order valence-corrected chi connectivity index (χ3v) is 27.9. The molecule has 14 heteroatoms. The van der Waals surface area contributed by atoms with E-state index in [1.165, 1.54) is 181 Å². The van der Waals surface area contributed by atoms with Gasteiger partial charge in [0, 0.05) is 61.6 Å². The first-order valence-electron chi connectivity index (χ1n) is 50.6. The second-order valence-electron chi connectivity index (χ2n) is 35.9. The molecule has 141 heavy (non-hydrogen) atoms. The number of aryl methyl sites for hydroxylation is 13. The van der Waals surface area contributed by atoms with Crippen LogP contribution in [0.2, 0.25) is 0 Å². The molecular formula is C127H179FKNP9SV-. The zero-order valence-corrected chi connectivity index (χ0v) is 108. The van der Waals surface area contributed by atoms with Crippen LogP contribution in [0, 0.1) is 103 Å². The molecule has 14 aromatic rings. The van der Waals surface area contributed by atoms with Crippen LogP contribution in [0.1, 0.15) is 301 Å². The van der Waals surface area contributed by atoms with Crippen LogP contribution in [0.5, 0.6) is 0 Å². The van der Waals surface area contributed by atoms with Crippen molar-refractivity contribution in [1.82, 2.24) is 4.57 Å². The van der Waals surface area contributed by atoms with Gasteiger partial charge in [-0.2, -0.15) is 6.99 Å². The molecule has 1 nitrogen and oxygen atoms in total. The molecule has 12 aromatic carbocycles. The molecule has 757 valence electrons. The number of allylic oxidation sites excluding steroid dienone is 6. The Morgan fingerprint density at radius 1 is 0.461 bits per heavy atom. The minimum absolute atomic E-state index is 0. The van der Waals surface area contributed by atoms with Gasteiger partial charge in [-0.25, -0.2) is 0 Å². The zero-order valence-electron chi connectivity index (χ0n) is 93.7. The standard InChI is InChI=1S/C18H20.C17H18.C16H17N.C15H16.C13H20S.C13H18.C10H14.C10H12.C8H10.3C2H6.CH5P.FH4P4.K.H5P3.H2P.V/c1-15(17-9-5-3-6-10-17)13-14-16(2)18-11-7-4-8-12-18;1-11-5-7-13-14-8-6-12(2)10-16(14)17(3,4)15(13)9-11;1-3-12(2)17-15-10-6-4-8-13(15)14-9-5-7-11-16(14)17;1-11-4-7-14(8-5-11)15-9-6-12(2)10-13(15)3;1-9-10(2)14-11(3)13(9)12-7-5-4-6-8-12;1-11(2)9-10-12(3)13-7-5-4-6-8-13;1-7-5-9(3)10(4)6-8(7)2;1-3-9(2)10-7-5-4-6-8-10;1-7-3-5-8(2)6-4-7;4*1-2;1-4-5(2)3;;1-3-2;;/h3-16H,1-2H3;5-10H,1-4H3;4-12H,3H2,1-2H3;4-10H,1-3H3;12H,4-8H2,1-3H3;4-12H,1-3H3;5-6H,1-4H3;3-8H,1-2H3;3-6H,1-2H3;3*1-2H3;2H2,1H3;2-3H2;;3H,1-2H2;1H2;/q;;;;;;;;;;;;;-1;+1;;-1;/i;;;;;;;;;;;;2T;;;;;. The number of halogens is 1. The fourth-order valence-electron chi connectivity index (χ4n) is 16.2. The number of hydrogen-bond donors (Lipinski definition) is 0. The van der Waals surface area contributed by atoms with Gasteiger partial charge in [-0.1, -0.05) is 468 Å². The largest absolute Gasteiger partial charge is 1.00 e. The third-order valence-electron chi connectivity index (χ3n) is 24.5. The van der Waals surface area contributed by atoms with Crippen molar-refractivity contribution in [2.45, 2.75) is 288 Å². The van der Waals surface area contributed by atoms with Crippen LogP contribution in [0.3, 0.4) is 0 Å². The van der Waals surface area contributed by atoms with Gasteiger partial charge in [-0.05, 0) is 279 Å². The molecule has 2 aliphatic carbocycles. The first-order chi connectivity index (χ1) is 66.5. The predicted octanol–water partition coefficient (Wildman–Crippen LogP) is 40.8. The monoisotopic (exact) mass is 2140 g/mol. The van der Waals surface area contributed by atoms with E-state index in [1.54, 1.807) is 16.0 Å². The maximum absolute atomic E-state index is 11.1. The van der Waals surface area contributed by atoms with E-state index in [4.69, 9.17) is 1.28 Å². The zero-order chi connectivity index (χ0) is 104. The fourth-order valence-corrected chi connectivity index (χ4v) is 17.3. The number of para-hydroxylation sites is 2. The van der Waals surface area contributed by atoms with Crippen LogP contribution >= 0.6 is 89.7 Å². The molecule has 1 saturated carbocycles. The van der Waals surface area contributed by atoms with Crippen LogP contribution in [0.25, 0.3) is 49.6 Å². The van der Waals surface area contributed by atoms with Gasteiger partial charge in [0.1, 0.15) is 0 Å². The molecule has 0 spiro atoms. The van der Waals surface area contributed by atoms with Crippen molar-refractivity contribution >= 4 is 117 Å². The number of fused-ring (bicyclic) bond motifs is 6. The Bertz CT molecular complexity index is 5550. The first kappa shape index (κ1) is 136. The summed E-state index contributed by atoms with van der Waals surface area (Å²) in [7, 11) is 11.1. The SMILES string of the molecule is CC.CC.CC.CC(C)C=CC(C)c1ccccc1.CC(C=CC(C)c1ccccc1)c1ccccc1.CC=C(C)c1ccccc1.CCC(C)n1c2ccccc2c2ccccc21.Cc1cc(C)c(C)cc1C.Cc1ccc(-c2ccc(C)cc2C)cc1.Cc1ccc(C)cc1.Cc1ccc2c(c1)C(C)(C)c1cc(C)ccc1-2.Cc1sc(C)c(C2CCCCC2)c1C.F[P-]P(P)P.PPP.[3H]PC.[K+].[PH2-].[V]. The Balaban J connectivity index is 0. The number of benzene rings is 12. The van der Waals surface area contributed by atoms with E-state index < -0.39 is 6.99 Å². The molecule has 0 aliphatic heterocycles. The van der Waals surface area contributed by atoms with Crippen molar-refractivity contribution in [3.8, 4) is 22.3 Å². The van der Waals surface area contributed by atoms with Gasteiger partial charge in [0.05, 0.1) is 1.28 Å². The molecule has 1 radical (unpaired) electrons. The molecule has 2 aliphatic rings. The number of rotatable bonds is 13. The van der Waals surface area contributed by atoms with E-state index in [9.17, 15) is 4.20 Å². The van der Waals surface area contributed by atoms with Gasteiger partial charge in [-0.15, -0.1) is 56.2 Å². The fraction of sp³-hybridized carbons (Fsp3) is 0.354. The average molecular weight is 2140 g/mol. The second kappa shape index (κ2) is 78.6. The molecule has 2 aromatic heterocycles. The molecule has 9 unspecified atom stereocenters. The van der Waals surface area contributed by atoms with Crippen LogP contribution in [-0.4, -0.2) is 12.5 Å². The molecule has 16 rings (SSSR count). The van der Waals surface area contributed by atoms with Gasteiger partial charge in [0.25, 0.3) is 0 Å². The molecule has 0 saturated heterocycles. The van der Waals surface area contributed by atoms with Crippen molar-refractivity contribution in [2.24, 2.45) is 5.92 Å². The van der Waals surface area contributed by atoms with E-state index in [0.717, 1.165) is 20.3 Å². The molecule has 2 heterocycles. The summed E-state index contributed by atoms with van der Waals surface area (Å²) in [4.78, 5) is 3.11. The van der Waals surface area contributed by atoms with Crippen LogP contribution in [0.15, 0.2) is 315 Å². The van der Waals surface area contributed by atoms with E-state index >= 15 is 0 Å². The smallest absolute Gasteiger partial charge is 0.577 e. The number of thiophene rings is 1. The van der Waals surface area contributed by atoms with Crippen molar-refractivity contribution in [2.75, 3.05) is 6.66 Å². The summed E-state index contributed by atoms with van der Waals surface area (Å²) in [5, 5.41) is 2.73. The summed E-state index contributed by atoms with van der Waals surface area (Å²) >= 11 is 1.99. The van der Waals surface area contributed by atoms with Gasteiger partial charge in [-0.3, -0.25) is 8.58 Å². The summed E-state index contributed by atoms with van der Waals surface area (Å²) in [6.07, 6.45) is 19.6. The van der Waals surface area contributed by atoms with Gasteiger partial charge in [0.15, 0.2) is 0 Å². The molecule has 0 bridgehead atoms. The molecule has 0 amide bonds. The number of nitrogens with zero attached hydrogens (tertiary/aromatic N) is 1. The van der Waals surface area contributed by atoms with E-state index in [0.29, 0.717) is 38.9 Å². The quantitative estimate of drug-likeness (QED) is 0.0616. The van der Waals surface area contributed by atoms with Gasteiger partial charge >= 0.3 is 51.4 Å². The predicted molar refractivity (Wildman–Crippen MR) is 665 cm³/mol. The van der Waals surface area contributed by atoms with Crippen molar-refractivity contribution in [3.05, 3.63) is 431 Å². The first-order valence-corrected chi connectivity index (χ1v) is 62.6. The summed E-state index contributed by atoms with van der Waals surface area (Å²) in [5.74, 6) is 3.00. The van der Waals surface area contributed by atoms with Crippen molar-refractivity contribution < 1.29 is 74.1 Å². The van der Waals surface area contributed by atoms with E-state index in [1.807, 2.05) is 65.6 Å². The van der Waals surface area contributed by atoms with Gasteiger partial charge in [0.2, 0.25) is 0 Å². The van der Waals surface area contributed by atoms with Crippen LogP contribution in [-0.2, 0) is 24.0 Å². The minimum Gasteiger partial charge on any atom is -0.577 e. The minimum atomic E-state index is -0.459. The Labute approximate surface area is 941 Å². The topological polar surface area (TPSA) is 4.93 Å². The van der Waals surface area contributed by atoms with Crippen LogP contribution < -0.4 is 51.4 Å². The van der Waals surface area contributed by atoms with Crippen molar-refractivity contribution in [3.63, 3.8) is 0 Å². The Hall–Kier alpha value is -4.62. The number of hydrogen-bond acceptors (Lipinski definition) is 1. The Morgan fingerprint density at radius 3 is 1.09 bits per heavy atom. The second-order valence-corrected chi connectivity index (χ2v) is 52.2. The Kier molecular flexibility index (Phi) is 76.0. The van der Waals surface area contributed by atoms with Gasteiger partial charge < -0.3 is 18.7 Å². The maximum Gasteiger partial charge on any atom is 1.00 e. The normalized spacial score (nSPS) is 12.5. The van der Waals surface area contributed by atoms with E-state index in [-0.39, 0.29) is 93.8 Å². The molecule has 0 N–H and O–H groups in total. The molecular weight excluding hydrogens is 1960 g/mol. The summed E-state index contributed by atoms with van der Waals surface area (Å²) in [6, 6.07) is 102. The number of aromatic nitrogens is 1. The summed E-state index contributed by atoms with van der Waals surface area (Å²) in [6.45, 7) is 68.3. The maximum atomic E-state index is 11.1. The summed E-state index contributed by atoms with van der Waals surface area (Å²) in [5.41, 5.74) is 36.2. The van der Waals surface area contributed by atoms with E-state index in [2.05, 4.69) is 523 Å².